The highest BCUT2D eigenvalue weighted by Gasteiger charge is 2.53. The lowest BCUT2D eigenvalue weighted by molar-refractivity contribution is 0.0985. The molecule has 2 N–H and O–H groups in total. The van der Waals surface area contributed by atoms with Crippen LogP contribution in [0.15, 0.2) is 24.5 Å². The van der Waals surface area contributed by atoms with Crippen molar-refractivity contribution in [2.75, 3.05) is 30.9 Å². The van der Waals surface area contributed by atoms with Gasteiger partial charge in [0, 0.05) is 42.2 Å². The van der Waals surface area contributed by atoms with Crippen molar-refractivity contribution in [2.24, 2.45) is 0 Å². The molecule has 176 valence electrons. The molecule has 8 nitrogen and oxygen atoms in total. The van der Waals surface area contributed by atoms with Crippen LogP contribution in [0.4, 0.5) is 5.82 Å². The van der Waals surface area contributed by atoms with Gasteiger partial charge in [0.2, 0.25) is 0 Å². The van der Waals surface area contributed by atoms with Gasteiger partial charge in [0.25, 0.3) is 0 Å². The van der Waals surface area contributed by atoms with Gasteiger partial charge in [-0.05, 0) is 36.8 Å². The number of aromatic nitrogens is 4. The summed E-state index contributed by atoms with van der Waals surface area (Å²) in [5, 5.41) is 0.966. The van der Waals surface area contributed by atoms with Crippen LogP contribution in [0.25, 0.3) is 22.4 Å². The molecule has 1 unspecified atom stereocenters. The first-order valence-corrected chi connectivity index (χ1v) is 13.4. The number of hydrogen-bond acceptors (Lipinski definition) is 7. The Kier molecular flexibility index (Phi) is 5.06. The van der Waals surface area contributed by atoms with Crippen molar-refractivity contribution in [3.8, 4) is 11.4 Å². The summed E-state index contributed by atoms with van der Waals surface area (Å²) >= 11 is 0. The molecule has 0 aromatic carbocycles. The Bertz CT molecular complexity index is 1320. The van der Waals surface area contributed by atoms with Crippen molar-refractivity contribution >= 4 is 26.6 Å². The molecule has 9 heteroatoms. The van der Waals surface area contributed by atoms with Gasteiger partial charge in [0.1, 0.15) is 11.5 Å². The largest absolute Gasteiger partial charge is 0.377 e. The van der Waals surface area contributed by atoms with Gasteiger partial charge in [0.15, 0.2) is 5.82 Å². The standard InChI is InChI=1S/C24H32N6O2S/c1-15-14-32-11-10-30(15)19-12-18(24(7-8-24)33(5,25)31)28-22(29-19)20-16-6-9-26-21(16)27-13-17(20)23(2,3)4/h6,9,12-13,15,25H,7-8,10-11,14H2,1-5H3,(H,26,27)/t15-,33?/m1/s1. The van der Waals surface area contributed by atoms with E-state index < -0.39 is 14.5 Å². The zero-order valence-corrected chi connectivity index (χ0v) is 20.8. The molecule has 2 fully saturated rings. The number of fused-ring (bicyclic) bond motifs is 1. The third-order valence-corrected chi connectivity index (χ3v) is 9.02. The Balaban J connectivity index is 1.80. The molecule has 1 saturated carbocycles. The molecule has 0 radical (unpaired) electrons. The molecule has 1 aliphatic heterocycles. The fraction of sp³-hybridized carbons (Fsp3) is 0.542. The topological polar surface area (TPSA) is 108 Å². The number of nitrogens with one attached hydrogen (secondary N) is 2. The molecule has 1 aliphatic carbocycles. The highest BCUT2D eigenvalue weighted by Crippen LogP contribution is 2.53. The van der Waals surface area contributed by atoms with Gasteiger partial charge in [-0.3, -0.25) is 4.78 Å². The van der Waals surface area contributed by atoms with Gasteiger partial charge in [-0.25, -0.2) is 19.2 Å². The molecular weight excluding hydrogens is 436 g/mol. The van der Waals surface area contributed by atoms with Crippen LogP contribution >= 0.6 is 0 Å². The molecule has 0 amide bonds. The maximum absolute atomic E-state index is 13.0. The molecule has 33 heavy (non-hydrogen) atoms. The van der Waals surface area contributed by atoms with Crippen LogP contribution in [0.2, 0.25) is 0 Å². The van der Waals surface area contributed by atoms with Gasteiger partial charge in [0.05, 0.1) is 39.4 Å². The second-order valence-corrected chi connectivity index (χ2v) is 12.9. The molecule has 3 aromatic rings. The lowest BCUT2D eigenvalue weighted by Crippen LogP contribution is -2.44. The van der Waals surface area contributed by atoms with E-state index >= 15 is 0 Å². The van der Waals surface area contributed by atoms with E-state index in [-0.39, 0.29) is 11.5 Å². The second-order valence-electron chi connectivity index (χ2n) is 10.4. The Morgan fingerprint density at radius 3 is 2.70 bits per heavy atom. The third-order valence-electron chi connectivity index (χ3n) is 6.91. The van der Waals surface area contributed by atoms with Crippen LogP contribution in [0.3, 0.4) is 0 Å². The van der Waals surface area contributed by atoms with Gasteiger partial charge in [-0.1, -0.05) is 20.8 Å². The quantitative estimate of drug-likeness (QED) is 0.594. The van der Waals surface area contributed by atoms with Crippen LogP contribution in [-0.2, 0) is 24.6 Å². The Hall–Kier alpha value is -2.52. The lowest BCUT2D eigenvalue weighted by atomic mass is 9.84. The summed E-state index contributed by atoms with van der Waals surface area (Å²) < 4.78 is 26.4. The van der Waals surface area contributed by atoms with E-state index in [4.69, 9.17) is 19.5 Å². The van der Waals surface area contributed by atoms with E-state index in [1.54, 1.807) is 0 Å². The van der Waals surface area contributed by atoms with Crippen LogP contribution in [0, 0.1) is 4.78 Å². The van der Waals surface area contributed by atoms with E-state index in [2.05, 4.69) is 42.6 Å². The number of pyridine rings is 1. The van der Waals surface area contributed by atoms with Crippen LogP contribution in [0.1, 0.15) is 51.8 Å². The number of aromatic amines is 1. The average molecular weight is 469 g/mol. The molecule has 5 rings (SSSR count). The Morgan fingerprint density at radius 2 is 2.06 bits per heavy atom. The fourth-order valence-electron chi connectivity index (χ4n) is 4.77. The minimum absolute atomic E-state index is 0.165. The number of ether oxygens (including phenoxy) is 1. The van der Waals surface area contributed by atoms with Gasteiger partial charge >= 0.3 is 0 Å². The maximum Gasteiger partial charge on any atom is 0.162 e. The normalized spacial score (nSPS) is 22.3. The first-order valence-electron chi connectivity index (χ1n) is 11.5. The average Bonchev–Trinajstić information content (AvgIpc) is 3.44. The monoisotopic (exact) mass is 468 g/mol. The lowest BCUT2D eigenvalue weighted by Gasteiger charge is -2.35. The van der Waals surface area contributed by atoms with Crippen LogP contribution in [-0.4, -0.2) is 56.2 Å². The third kappa shape index (κ3) is 3.71. The van der Waals surface area contributed by atoms with Crippen molar-refractivity contribution in [2.45, 2.75) is 56.7 Å². The summed E-state index contributed by atoms with van der Waals surface area (Å²) in [7, 11) is -2.83. The number of rotatable bonds is 4. The summed E-state index contributed by atoms with van der Waals surface area (Å²) in [5.41, 5.74) is 3.32. The second kappa shape index (κ2) is 7.50. The molecule has 1 saturated heterocycles. The van der Waals surface area contributed by atoms with Crippen molar-refractivity contribution in [3.63, 3.8) is 0 Å². The van der Waals surface area contributed by atoms with E-state index in [1.165, 1.54) is 6.26 Å². The van der Waals surface area contributed by atoms with Crippen molar-refractivity contribution in [1.29, 1.82) is 4.78 Å². The minimum Gasteiger partial charge on any atom is -0.377 e. The summed E-state index contributed by atoms with van der Waals surface area (Å²) in [6.07, 6.45) is 6.75. The van der Waals surface area contributed by atoms with Crippen molar-refractivity contribution in [1.82, 2.24) is 19.9 Å². The van der Waals surface area contributed by atoms with E-state index in [1.807, 2.05) is 24.5 Å². The first kappa shape index (κ1) is 22.3. The minimum atomic E-state index is -2.83. The molecule has 0 spiro atoms. The zero-order chi connectivity index (χ0) is 23.6. The van der Waals surface area contributed by atoms with Gasteiger partial charge in [-0.2, -0.15) is 0 Å². The molecular formula is C24H32N6O2S. The zero-order valence-electron chi connectivity index (χ0n) is 19.9. The van der Waals surface area contributed by atoms with E-state index in [0.29, 0.717) is 37.6 Å². The molecule has 2 atom stereocenters. The predicted octanol–water partition coefficient (Wildman–Crippen LogP) is 4.21. The number of hydrogen-bond donors (Lipinski definition) is 2. The summed E-state index contributed by atoms with van der Waals surface area (Å²) in [4.78, 5) is 20.2. The number of morpholine rings is 1. The summed E-state index contributed by atoms with van der Waals surface area (Å²) in [6, 6.07) is 4.14. The predicted molar refractivity (Wildman–Crippen MR) is 131 cm³/mol. The highest BCUT2D eigenvalue weighted by atomic mass is 32.2. The number of anilines is 1. The number of nitrogens with zero attached hydrogens (tertiary/aromatic N) is 4. The summed E-state index contributed by atoms with van der Waals surface area (Å²) in [6.45, 7) is 10.6. The number of H-pyrrole nitrogens is 1. The SMILES string of the molecule is C[C@@H]1COCCN1c1cc(C2(S(C)(=N)=O)CC2)nc(-c2c(C(C)(C)C)cnc3[nH]ccc23)n1. The molecule has 4 heterocycles. The molecule has 0 bridgehead atoms. The van der Waals surface area contributed by atoms with Crippen LogP contribution in [0.5, 0.6) is 0 Å². The fourth-order valence-corrected chi connectivity index (χ4v) is 6.16. The maximum atomic E-state index is 13.0. The highest BCUT2D eigenvalue weighted by molar-refractivity contribution is 7.92. The Morgan fingerprint density at radius 1 is 1.30 bits per heavy atom. The molecule has 2 aliphatic rings. The van der Waals surface area contributed by atoms with Gasteiger partial charge < -0.3 is 14.6 Å². The smallest absolute Gasteiger partial charge is 0.162 e. The van der Waals surface area contributed by atoms with Crippen molar-refractivity contribution < 1.29 is 8.95 Å². The van der Waals surface area contributed by atoms with Crippen LogP contribution < -0.4 is 4.90 Å². The van der Waals surface area contributed by atoms with Crippen molar-refractivity contribution in [3.05, 3.63) is 35.8 Å². The van der Waals surface area contributed by atoms with Gasteiger partial charge in [-0.15, -0.1) is 0 Å². The summed E-state index contributed by atoms with van der Waals surface area (Å²) in [5.74, 6) is 1.41. The van der Waals surface area contributed by atoms with E-state index in [9.17, 15) is 4.21 Å². The first-order chi connectivity index (χ1) is 15.5. The van der Waals surface area contributed by atoms with E-state index in [0.717, 1.165) is 34.5 Å². The molecule has 3 aromatic heterocycles. The Labute approximate surface area is 195 Å².